The smallest absolute Gasteiger partial charge is 0.123 e. The van der Waals surface area contributed by atoms with Crippen LogP contribution < -0.4 is 9.47 Å². The van der Waals surface area contributed by atoms with E-state index in [1.165, 1.54) is 37.7 Å². The summed E-state index contributed by atoms with van der Waals surface area (Å²) in [5.41, 5.74) is 1.32. The average molecular weight is 232 g/mol. The molecule has 0 N–H and O–H groups in total. The molecule has 1 aliphatic carbocycles. The zero-order chi connectivity index (χ0) is 11.7. The summed E-state index contributed by atoms with van der Waals surface area (Å²) in [6.45, 7) is 0. The third kappa shape index (κ3) is 2.13. The molecule has 2 heteroatoms. The van der Waals surface area contributed by atoms with Crippen molar-refractivity contribution in [1.82, 2.24) is 0 Å². The number of hydrogen-bond donors (Lipinski definition) is 0. The van der Waals surface area contributed by atoms with Gasteiger partial charge in [0.15, 0.2) is 0 Å². The SMILES string of the molecule is COc1ccc2c(c1)CC(C1CCCCC1)O2. The van der Waals surface area contributed by atoms with Crippen molar-refractivity contribution >= 4 is 0 Å². The maximum Gasteiger partial charge on any atom is 0.123 e. The van der Waals surface area contributed by atoms with Gasteiger partial charge >= 0.3 is 0 Å². The second kappa shape index (κ2) is 4.59. The molecule has 1 atom stereocenters. The normalized spacial score (nSPS) is 24.2. The zero-order valence-corrected chi connectivity index (χ0v) is 10.4. The molecule has 0 bridgehead atoms. The lowest BCUT2D eigenvalue weighted by molar-refractivity contribution is 0.129. The minimum absolute atomic E-state index is 0.414. The van der Waals surface area contributed by atoms with Crippen LogP contribution in [0.25, 0.3) is 0 Å². The van der Waals surface area contributed by atoms with Crippen molar-refractivity contribution < 1.29 is 9.47 Å². The zero-order valence-electron chi connectivity index (χ0n) is 10.4. The van der Waals surface area contributed by atoms with Crippen LogP contribution >= 0.6 is 0 Å². The topological polar surface area (TPSA) is 18.5 Å². The van der Waals surface area contributed by atoms with Gasteiger partial charge < -0.3 is 9.47 Å². The highest BCUT2D eigenvalue weighted by atomic mass is 16.5. The third-order valence-electron chi connectivity index (χ3n) is 4.14. The van der Waals surface area contributed by atoms with Crippen LogP contribution in [0.5, 0.6) is 11.5 Å². The van der Waals surface area contributed by atoms with Crippen LogP contribution in [0.15, 0.2) is 18.2 Å². The van der Waals surface area contributed by atoms with Crippen molar-refractivity contribution in [2.75, 3.05) is 7.11 Å². The van der Waals surface area contributed by atoms with E-state index in [1.54, 1.807) is 7.11 Å². The van der Waals surface area contributed by atoms with Gasteiger partial charge in [-0.15, -0.1) is 0 Å². The first-order valence-electron chi connectivity index (χ1n) is 6.70. The van der Waals surface area contributed by atoms with Crippen molar-refractivity contribution in [2.24, 2.45) is 5.92 Å². The molecular weight excluding hydrogens is 212 g/mol. The summed E-state index contributed by atoms with van der Waals surface area (Å²) < 4.78 is 11.4. The first kappa shape index (κ1) is 10.9. The summed E-state index contributed by atoms with van der Waals surface area (Å²) in [5.74, 6) is 2.78. The number of hydrogen-bond acceptors (Lipinski definition) is 2. The first-order chi connectivity index (χ1) is 8.36. The summed E-state index contributed by atoms with van der Waals surface area (Å²) >= 11 is 0. The van der Waals surface area contributed by atoms with E-state index in [0.29, 0.717) is 6.10 Å². The molecule has 0 saturated heterocycles. The molecule has 1 aromatic rings. The molecule has 1 aliphatic heterocycles. The highest BCUT2D eigenvalue weighted by Crippen LogP contribution is 2.38. The van der Waals surface area contributed by atoms with Gasteiger partial charge in [0.25, 0.3) is 0 Å². The standard InChI is InChI=1S/C15H20O2/c1-16-13-7-8-14-12(9-13)10-15(17-14)11-5-3-2-4-6-11/h7-9,11,15H,2-6,10H2,1H3. The first-order valence-corrected chi connectivity index (χ1v) is 6.70. The molecule has 1 aromatic carbocycles. The van der Waals surface area contributed by atoms with Gasteiger partial charge in [0, 0.05) is 12.0 Å². The monoisotopic (exact) mass is 232 g/mol. The van der Waals surface area contributed by atoms with Crippen LogP contribution in [0.4, 0.5) is 0 Å². The Hall–Kier alpha value is -1.18. The van der Waals surface area contributed by atoms with Crippen LogP contribution in [0.1, 0.15) is 37.7 Å². The second-order valence-corrected chi connectivity index (χ2v) is 5.23. The molecule has 0 aromatic heterocycles. The Morgan fingerprint density at radius 1 is 1.18 bits per heavy atom. The number of methoxy groups -OCH3 is 1. The molecule has 1 unspecified atom stereocenters. The van der Waals surface area contributed by atoms with E-state index in [1.807, 2.05) is 6.07 Å². The van der Waals surface area contributed by atoms with Gasteiger partial charge in [-0.25, -0.2) is 0 Å². The summed E-state index contributed by atoms with van der Waals surface area (Å²) in [6.07, 6.45) is 8.33. The number of fused-ring (bicyclic) bond motifs is 1. The lowest BCUT2D eigenvalue weighted by Crippen LogP contribution is -2.26. The van der Waals surface area contributed by atoms with Crippen LogP contribution in [0.2, 0.25) is 0 Å². The van der Waals surface area contributed by atoms with E-state index in [4.69, 9.17) is 9.47 Å². The van der Waals surface area contributed by atoms with Crippen LogP contribution in [-0.4, -0.2) is 13.2 Å². The van der Waals surface area contributed by atoms with Gasteiger partial charge in [0.1, 0.15) is 17.6 Å². The molecule has 0 amide bonds. The van der Waals surface area contributed by atoms with Crippen LogP contribution in [-0.2, 0) is 6.42 Å². The molecule has 1 saturated carbocycles. The van der Waals surface area contributed by atoms with Crippen molar-refractivity contribution in [3.63, 3.8) is 0 Å². The molecule has 2 aliphatic rings. The van der Waals surface area contributed by atoms with E-state index < -0.39 is 0 Å². The predicted octanol–water partition coefficient (Wildman–Crippen LogP) is 3.58. The fourth-order valence-corrected chi connectivity index (χ4v) is 3.15. The second-order valence-electron chi connectivity index (χ2n) is 5.23. The van der Waals surface area contributed by atoms with E-state index in [-0.39, 0.29) is 0 Å². The molecule has 1 fully saturated rings. The quantitative estimate of drug-likeness (QED) is 0.776. The Labute approximate surface area is 103 Å². The van der Waals surface area contributed by atoms with Gasteiger partial charge in [-0.05, 0) is 37.0 Å². The Bertz CT molecular complexity index is 394. The molecule has 2 nitrogen and oxygen atoms in total. The summed E-state index contributed by atoms with van der Waals surface area (Å²) in [5, 5.41) is 0. The van der Waals surface area contributed by atoms with Crippen LogP contribution in [0, 0.1) is 5.92 Å². The lowest BCUT2D eigenvalue weighted by Gasteiger charge is -2.26. The molecule has 0 spiro atoms. The predicted molar refractivity (Wildman–Crippen MR) is 67.7 cm³/mol. The summed E-state index contributed by atoms with van der Waals surface area (Å²) in [4.78, 5) is 0. The molecule has 0 radical (unpaired) electrons. The van der Waals surface area contributed by atoms with Crippen molar-refractivity contribution in [3.05, 3.63) is 23.8 Å². The summed E-state index contributed by atoms with van der Waals surface area (Å²) in [7, 11) is 1.72. The molecule has 1 heterocycles. The van der Waals surface area contributed by atoms with Gasteiger partial charge in [0.05, 0.1) is 7.11 Å². The van der Waals surface area contributed by atoms with Gasteiger partial charge in [-0.1, -0.05) is 19.3 Å². The molecule has 17 heavy (non-hydrogen) atoms. The van der Waals surface area contributed by atoms with Crippen molar-refractivity contribution in [3.8, 4) is 11.5 Å². The number of rotatable bonds is 2. The van der Waals surface area contributed by atoms with E-state index in [9.17, 15) is 0 Å². The average Bonchev–Trinajstić information content (AvgIpc) is 2.82. The van der Waals surface area contributed by atoms with Crippen LogP contribution in [0.3, 0.4) is 0 Å². The summed E-state index contributed by atoms with van der Waals surface area (Å²) in [6, 6.07) is 6.16. The van der Waals surface area contributed by atoms with Gasteiger partial charge in [-0.3, -0.25) is 0 Å². The highest BCUT2D eigenvalue weighted by Gasteiger charge is 2.31. The van der Waals surface area contributed by atoms with Crippen molar-refractivity contribution in [1.29, 1.82) is 0 Å². The largest absolute Gasteiger partial charge is 0.497 e. The third-order valence-corrected chi connectivity index (χ3v) is 4.14. The van der Waals surface area contributed by atoms with Crippen molar-refractivity contribution in [2.45, 2.75) is 44.6 Å². The number of ether oxygens (including phenoxy) is 2. The van der Waals surface area contributed by atoms with E-state index >= 15 is 0 Å². The lowest BCUT2D eigenvalue weighted by atomic mass is 9.84. The van der Waals surface area contributed by atoms with Gasteiger partial charge in [-0.2, -0.15) is 0 Å². The highest BCUT2D eigenvalue weighted by molar-refractivity contribution is 5.43. The fraction of sp³-hybridized carbons (Fsp3) is 0.600. The number of benzene rings is 1. The maximum absolute atomic E-state index is 6.09. The Morgan fingerprint density at radius 3 is 2.76 bits per heavy atom. The molecular formula is C15H20O2. The minimum Gasteiger partial charge on any atom is -0.497 e. The molecule has 3 rings (SSSR count). The maximum atomic E-state index is 6.09. The van der Waals surface area contributed by atoms with E-state index in [2.05, 4.69) is 12.1 Å². The molecule has 92 valence electrons. The Balaban J connectivity index is 1.73. The fourth-order valence-electron chi connectivity index (χ4n) is 3.15. The van der Waals surface area contributed by atoms with Gasteiger partial charge in [0.2, 0.25) is 0 Å². The van der Waals surface area contributed by atoms with E-state index in [0.717, 1.165) is 23.8 Å². The minimum atomic E-state index is 0.414. The Morgan fingerprint density at radius 2 is 2.00 bits per heavy atom. The Kier molecular flexibility index (Phi) is 2.96.